The highest BCUT2D eigenvalue weighted by Gasteiger charge is 2.55. The summed E-state index contributed by atoms with van der Waals surface area (Å²) in [6.45, 7) is 3.06. The predicted molar refractivity (Wildman–Crippen MR) is 108 cm³/mol. The van der Waals surface area contributed by atoms with Crippen LogP contribution in [0.15, 0.2) is 24.3 Å². The Morgan fingerprint density at radius 2 is 2.03 bits per heavy atom. The lowest BCUT2D eigenvalue weighted by atomic mass is 10.1. The van der Waals surface area contributed by atoms with E-state index in [-0.39, 0.29) is 41.9 Å². The van der Waals surface area contributed by atoms with Crippen LogP contribution in [0.2, 0.25) is 0 Å². The Morgan fingerprint density at radius 1 is 1.27 bits per heavy atom. The minimum Gasteiger partial charge on any atom is -0.366 e. The van der Waals surface area contributed by atoms with Crippen molar-refractivity contribution in [2.24, 2.45) is 17.6 Å². The quantitative estimate of drug-likeness (QED) is 0.773. The van der Waals surface area contributed by atoms with Gasteiger partial charge in [-0.2, -0.15) is 5.26 Å². The number of nitrogens with zero attached hydrogens (tertiary/aromatic N) is 4. The van der Waals surface area contributed by atoms with E-state index in [4.69, 9.17) is 5.73 Å². The third-order valence-electron chi connectivity index (χ3n) is 7.14. The van der Waals surface area contributed by atoms with Crippen LogP contribution in [0.5, 0.6) is 0 Å². The Hall–Kier alpha value is -2.92. The number of anilines is 1. The SMILES string of the molecule is C[C@@H](CN1C[C@H]2C[C@@H]1C(=O)N2c1ccccc1C(N)=O)C(=O)N1C2C[C@H]2C[C@H]1C#N. The summed E-state index contributed by atoms with van der Waals surface area (Å²) in [6, 6.07) is 8.82. The maximum absolute atomic E-state index is 13.1. The van der Waals surface area contributed by atoms with E-state index >= 15 is 0 Å². The van der Waals surface area contributed by atoms with Crippen molar-refractivity contribution in [2.45, 2.75) is 50.4 Å². The summed E-state index contributed by atoms with van der Waals surface area (Å²) in [5.41, 5.74) is 6.42. The number of primary amides is 1. The minimum absolute atomic E-state index is 0.0257. The largest absolute Gasteiger partial charge is 0.366 e. The van der Waals surface area contributed by atoms with Crippen molar-refractivity contribution in [2.75, 3.05) is 18.0 Å². The molecule has 3 saturated heterocycles. The molecule has 8 nitrogen and oxygen atoms in total. The highest BCUT2D eigenvalue weighted by Crippen LogP contribution is 2.48. The third kappa shape index (κ3) is 2.80. The summed E-state index contributed by atoms with van der Waals surface area (Å²) >= 11 is 0. The second kappa shape index (κ2) is 6.81. The van der Waals surface area contributed by atoms with Crippen LogP contribution in [-0.4, -0.2) is 64.8 Å². The first kappa shape index (κ1) is 19.1. The first-order chi connectivity index (χ1) is 14.4. The zero-order valence-electron chi connectivity index (χ0n) is 16.9. The van der Waals surface area contributed by atoms with Crippen molar-refractivity contribution in [1.29, 1.82) is 5.26 Å². The molecule has 3 aliphatic heterocycles. The monoisotopic (exact) mass is 407 g/mol. The molecular weight excluding hydrogens is 382 g/mol. The van der Waals surface area contributed by atoms with Gasteiger partial charge in [-0.1, -0.05) is 19.1 Å². The van der Waals surface area contributed by atoms with Gasteiger partial charge in [-0.15, -0.1) is 0 Å². The van der Waals surface area contributed by atoms with Crippen molar-refractivity contribution >= 4 is 23.4 Å². The Bertz CT molecular complexity index is 972. The standard InChI is InChI=1S/C22H25N5O3/c1-12(21(29)26-14(9-23)6-13-7-18(13)26)10-25-11-15-8-19(25)22(30)27(15)17-5-3-2-4-16(17)20(24)28/h2-5,12-15,18-19H,6-8,10-11H2,1H3,(H2,24,28)/t12-,13+,14-,15+,18?,19+/m0/s1. The molecule has 3 heterocycles. The molecule has 5 rings (SSSR count). The van der Waals surface area contributed by atoms with Crippen LogP contribution >= 0.6 is 0 Å². The summed E-state index contributed by atoms with van der Waals surface area (Å²) in [6.07, 6.45) is 2.49. The minimum atomic E-state index is -0.548. The van der Waals surface area contributed by atoms with Gasteiger partial charge in [0.05, 0.1) is 29.4 Å². The molecule has 2 N–H and O–H groups in total. The number of carbonyl (C=O) groups is 3. The molecule has 2 bridgehead atoms. The second-order valence-electron chi connectivity index (χ2n) is 9.04. The van der Waals surface area contributed by atoms with Gasteiger partial charge in [0, 0.05) is 25.0 Å². The van der Waals surface area contributed by atoms with Crippen molar-refractivity contribution in [1.82, 2.24) is 9.80 Å². The molecule has 30 heavy (non-hydrogen) atoms. The molecule has 8 heteroatoms. The first-order valence-electron chi connectivity index (χ1n) is 10.6. The van der Waals surface area contributed by atoms with E-state index in [0.29, 0.717) is 36.7 Å². The van der Waals surface area contributed by atoms with Crippen LogP contribution in [0.3, 0.4) is 0 Å². The molecule has 3 amide bonds. The third-order valence-corrected chi connectivity index (χ3v) is 7.14. The number of carbonyl (C=O) groups excluding carboxylic acids is 3. The van der Waals surface area contributed by atoms with E-state index in [2.05, 4.69) is 11.0 Å². The lowest BCUT2D eigenvalue weighted by molar-refractivity contribution is -0.137. The zero-order chi connectivity index (χ0) is 21.2. The molecule has 1 unspecified atom stereocenters. The Balaban J connectivity index is 1.28. The number of likely N-dealkylation sites (tertiary alicyclic amines) is 2. The molecule has 0 spiro atoms. The molecule has 1 aliphatic carbocycles. The molecule has 0 aromatic heterocycles. The molecule has 6 atom stereocenters. The van der Waals surface area contributed by atoms with Gasteiger partial charge in [-0.25, -0.2) is 0 Å². The number of piperazine rings is 1. The number of piperidine rings is 1. The highest BCUT2D eigenvalue weighted by atomic mass is 16.2. The molecule has 4 fully saturated rings. The number of amides is 3. The smallest absolute Gasteiger partial charge is 0.250 e. The fourth-order valence-electron chi connectivity index (χ4n) is 5.65. The van der Waals surface area contributed by atoms with E-state index in [0.717, 1.165) is 12.8 Å². The van der Waals surface area contributed by atoms with Gasteiger partial charge in [0.1, 0.15) is 6.04 Å². The molecule has 0 radical (unpaired) electrons. The average molecular weight is 407 g/mol. The number of fused-ring (bicyclic) bond motifs is 3. The molecule has 4 aliphatic rings. The van der Waals surface area contributed by atoms with Gasteiger partial charge in [-0.05, 0) is 37.3 Å². The number of nitriles is 1. The lowest BCUT2D eigenvalue weighted by Gasteiger charge is -2.36. The predicted octanol–water partition coefficient (Wildman–Crippen LogP) is 0.724. The van der Waals surface area contributed by atoms with E-state index in [1.165, 1.54) is 0 Å². The van der Waals surface area contributed by atoms with Gasteiger partial charge >= 0.3 is 0 Å². The van der Waals surface area contributed by atoms with Gasteiger partial charge in [0.2, 0.25) is 11.8 Å². The Morgan fingerprint density at radius 3 is 2.73 bits per heavy atom. The fourth-order valence-corrected chi connectivity index (χ4v) is 5.65. The fraction of sp³-hybridized carbons (Fsp3) is 0.545. The maximum atomic E-state index is 13.1. The molecule has 1 aromatic rings. The highest BCUT2D eigenvalue weighted by molar-refractivity contribution is 6.07. The van der Waals surface area contributed by atoms with E-state index in [1.54, 1.807) is 34.1 Å². The molecule has 1 aromatic carbocycles. The van der Waals surface area contributed by atoms with Crippen LogP contribution in [-0.2, 0) is 9.59 Å². The number of benzene rings is 1. The van der Waals surface area contributed by atoms with Crippen LogP contribution in [0.4, 0.5) is 5.69 Å². The summed E-state index contributed by atoms with van der Waals surface area (Å²) in [5, 5.41) is 9.37. The number of para-hydroxylation sites is 1. The van der Waals surface area contributed by atoms with Gasteiger partial charge < -0.3 is 15.5 Å². The first-order valence-corrected chi connectivity index (χ1v) is 10.6. The Kier molecular flexibility index (Phi) is 4.33. The number of nitrogens with two attached hydrogens (primary N) is 1. The molecule has 1 saturated carbocycles. The van der Waals surface area contributed by atoms with E-state index < -0.39 is 5.91 Å². The van der Waals surface area contributed by atoms with Crippen molar-refractivity contribution in [3.8, 4) is 6.07 Å². The van der Waals surface area contributed by atoms with Crippen LogP contribution in [0, 0.1) is 23.2 Å². The average Bonchev–Trinajstić information content (AvgIpc) is 3.07. The Labute approximate surface area is 175 Å². The topological polar surface area (TPSA) is 111 Å². The van der Waals surface area contributed by atoms with Crippen molar-refractivity contribution < 1.29 is 14.4 Å². The van der Waals surface area contributed by atoms with Crippen molar-refractivity contribution in [3.05, 3.63) is 29.8 Å². The summed E-state index contributed by atoms with van der Waals surface area (Å²) in [4.78, 5) is 43.5. The van der Waals surface area contributed by atoms with Crippen LogP contribution in [0.25, 0.3) is 0 Å². The normalized spacial score (nSPS) is 32.8. The van der Waals surface area contributed by atoms with Gasteiger partial charge in [-0.3, -0.25) is 19.3 Å². The van der Waals surface area contributed by atoms with Gasteiger partial charge in [0.25, 0.3) is 5.91 Å². The summed E-state index contributed by atoms with van der Waals surface area (Å²) in [5.74, 6) is -0.336. The molecule has 156 valence electrons. The lowest BCUT2D eigenvalue weighted by Crippen LogP contribution is -2.53. The summed E-state index contributed by atoms with van der Waals surface area (Å²) in [7, 11) is 0. The number of hydrogen-bond acceptors (Lipinski definition) is 5. The van der Waals surface area contributed by atoms with Crippen LogP contribution < -0.4 is 10.6 Å². The number of rotatable bonds is 5. The van der Waals surface area contributed by atoms with E-state index in [1.807, 2.05) is 6.92 Å². The summed E-state index contributed by atoms with van der Waals surface area (Å²) < 4.78 is 0. The molecular formula is C22H25N5O3. The van der Waals surface area contributed by atoms with Crippen LogP contribution in [0.1, 0.15) is 36.5 Å². The van der Waals surface area contributed by atoms with Gasteiger partial charge in [0.15, 0.2) is 0 Å². The zero-order valence-corrected chi connectivity index (χ0v) is 16.9. The maximum Gasteiger partial charge on any atom is 0.250 e. The van der Waals surface area contributed by atoms with Crippen molar-refractivity contribution in [3.63, 3.8) is 0 Å². The second-order valence-corrected chi connectivity index (χ2v) is 9.04. The number of hydrogen-bond donors (Lipinski definition) is 1. The van der Waals surface area contributed by atoms with E-state index in [9.17, 15) is 19.6 Å².